The van der Waals surface area contributed by atoms with Gasteiger partial charge in [-0.05, 0) is 24.6 Å². The Labute approximate surface area is 130 Å². The molecule has 0 saturated carbocycles. The van der Waals surface area contributed by atoms with Gasteiger partial charge in [0, 0.05) is 11.5 Å². The summed E-state index contributed by atoms with van der Waals surface area (Å²) in [6.07, 6.45) is 0.838. The Hall–Kier alpha value is -1.96. The zero-order valence-corrected chi connectivity index (χ0v) is 13.2. The van der Waals surface area contributed by atoms with Gasteiger partial charge < -0.3 is 15.4 Å². The summed E-state index contributed by atoms with van der Waals surface area (Å²) in [6, 6.07) is 4.86. The minimum atomic E-state index is -0.410. The van der Waals surface area contributed by atoms with Crippen molar-refractivity contribution in [3.05, 3.63) is 28.5 Å². The van der Waals surface area contributed by atoms with Crippen molar-refractivity contribution < 1.29 is 9.13 Å². The minimum absolute atomic E-state index is 0.191. The van der Waals surface area contributed by atoms with Crippen LogP contribution in [0.2, 0.25) is 0 Å². The lowest BCUT2D eigenvalue weighted by Crippen LogP contribution is -2.08. The van der Waals surface area contributed by atoms with E-state index in [2.05, 4.69) is 41.5 Å². The quantitative estimate of drug-likeness (QED) is 0.827. The van der Waals surface area contributed by atoms with E-state index in [1.807, 2.05) is 6.92 Å². The maximum Gasteiger partial charge on any atom is 0.323 e. The molecule has 1 aromatic heterocycles. The number of hydrogen-bond acceptors (Lipinski definition) is 6. The Morgan fingerprint density at radius 1 is 1.24 bits per heavy atom. The average Bonchev–Trinajstić information content (AvgIpc) is 2.48. The fraction of sp³-hybridized carbons (Fsp3) is 0.308. The number of benzene rings is 1. The van der Waals surface area contributed by atoms with Gasteiger partial charge in [0.25, 0.3) is 0 Å². The number of halogens is 2. The van der Waals surface area contributed by atoms with Crippen LogP contribution in [0.3, 0.4) is 0 Å². The number of nitrogens with one attached hydrogen (secondary N) is 2. The largest absolute Gasteiger partial charge is 0.463 e. The van der Waals surface area contributed by atoms with Gasteiger partial charge in [-0.1, -0.05) is 22.9 Å². The smallest absolute Gasteiger partial charge is 0.323 e. The maximum atomic E-state index is 13.8. The number of anilines is 3. The summed E-state index contributed by atoms with van der Waals surface area (Å²) in [7, 11) is 1.68. The van der Waals surface area contributed by atoms with Crippen LogP contribution < -0.4 is 15.4 Å². The Bertz CT molecular complexity index is 626. The molecule has 1 aromatic carbocycles. The lowest BCUT2D eigenvalue weighted by Gasteiger charge is -2.09. The molecule has 6 nitrogen and oxygen atoms in total. The highest BCUT2D eigenvalue weighted by Gasteiger charge is 2.09. The predicted octanol–water partition coefficient (Wildman–Crippen LogP) is 3.35. The molecule has 0 aliphatic carbocycles. The second kappa shape index (κ2) is 7.16. The molecule has 0 aliphatic rings. The number of rotatable bonds is 6. The van der Waals surface area contributed by atoms with Crippen molar-refractivity contribution in [1.82, 2.24) is 15.0 Å². The number of hydrogen-bond donors (Lipinski definition) is 2. The fourth-order valence-corrected chi connectivity index (χ4v) is 1.83. The third-order valence-corrected chi connectivity index (χ3v) is 2.94. The van der Waals surface area contributed by atoms with Gasteiger partial charge >= 0.3 is 6.01 Å². The molecular weight excluding hydrogens is 341 g/mol. The molecule has 2 aromatic rings. The maximum absolute atomic E-state index is 13.8. The van der Waals surface area contributed by atoms with Gasteiger partial charge in [0.15, 0.2) is 0 Å². The second-order valence-corrected chi connectivity index (χ2v) is 5.03. The van der Waals surface area contributed by atoms with E-state index in [4.69, 9.17) is 4.74 Å². The van der Waals surface area contributed by atoms with Gasteiger partial charge in [0.2, 0.25) is 11.9 Å². The molecule has 0 radical (unpaired) electrons. The van der Waals surface area contributed by atoms with E-state index >= 15 is 0 Å². The average molecular weight is 356 g/mol. The second-order valence-electron chi connectivity index (χ2n) is 4.11. The molecule has 2 rings (SSSR count). The summed E-state index contributed by atoms with van der Waals surface area (Å²) >= 11 is 3.21. The molecule has 8 heteroatoms. The zero-order valence-electron chi connectivity index (χ0n) is 11.7. The monoisotopic (exact) mass is 355 g/mol. The van der Waals surface area contributed by atoms with Crippen molar-refractivity contribution in [2.24, 2.45) is 0 Å². The standard InChI is InChI=1S/C13H15BrFN5O/c1-3-6-21-13-19-11(16-2)18-12(20-13)17-10-5-4-8(14)7-9(10)15/h4-5,7H,3,6H2,1-2H3,(H2,16,17,18,19,20). The van der Waals surface area contributed by atoms with Gasteiger partial charge in [-0.15, -0.1) is 0 Å². The molecule has 0 unspecified atom stereocenters. The summed E-state index contributed by atoms with van der Waals surface area (Å²) in [6.45, 7) is 2.48. The van der Waals surface area contributed by atoms with Gasteiger partial charge in [0.1, 0.15) is 5.82 Å². The molecule has 21 heavy (non-hydrogen) atoms. The number of aromatic nitrogens is 3. The first-order chi connectivity index (χ1) is 10.1. The summed E-state index contributed by atoms with van der Waals surface area (Å²) in [5.41, 5.74) is 0.271. The van der Waals surface area contributed by atoms with Gasteiger partial charge in [-0.3, -0.25) is 0 Å². The van der Waals surface area contributed by atoms with Crippen LogP contribution in [0.5, 0.6) is 6.01 Å². The topological polar surface area (TPSA) is 72.0 Å². The molecule has 0 fully saturated rings. The van der Waals surface area contributed by atoms with Crippen LogP contribution in [0.25, 0.3) is 0 Å². The van der Waals surface area contributed by atoms with Crippen molar-refractivity contribution in [2.45, 2.75) is 13.3 Å². The molecule has 0 amide bonds. The Balaban J connectivity index is 2.25. The van der Waals surface area contributed by atoms with E-state index in [0.717, 1.165) is 6.42 Å². The van der Waals surface area contributed by atoms with Crippen LogP contribution in [-0.4, -0.2) is 28.6 Å². The van der Waals surface area contributed by atoms with Crippen molar-refractivity contribution >= 4 is 33.5 Å². The zero-order chi connectivity index (χ0) is 15.2. The van der Waals surface area contributed by atoms with Crippen LogP contribution >= 0.6 is 15.9 Å². The van der Waals surface area contributed by atoms with E-state index in [9.17, 15) is 4.39 Å². The van der Waals surface area contributed by atoms with Crippen molar-refractivity contribution in [3.63, 3.8) is 0 Å². The highest BCUT2D eigenvalue weighted by Crippen LogP contribution is 2.22. The van der Waals surface area contributed by atoms with E-state index in [1.54, 1.807) is 19.2 Å². The molecule has 0 atom stereocenters. The first kappa shape index (κ1) is 15.4. The van der Waals surface area contributed by atoms with Gasteiger partial charge in [-0.25, -0.2) is 4.39 Å². The van der Waals surface area contributed by atoms with Crippen molar-refractivity contribution in [1.29, 1.82) is 0 Å². The van der Waals surface area contributed by atoms with Crippen LogP contribution in [-0.2, 0) is 0 Å². The van der Waals surface area contributed by atoms with E-state index in [1.165, 1.54) is 6.07 Å². The lowest BCUT2D eigenvalue weighted by atomic mass is 10.3. The van der Waals surface area contributed by atoms with Crippen LogP contribution in [0.1, 0.15) is 13.3 Å². The third kappa shape index (κ3) is 4.25. The summed E-state index contributed by atoms with van der Waals surface area (Å²) in [5.74, 6) is 0.143. The SMILES string of the molecule is CCCOc1nc(NC)nc(Nc2ccc(Br)cc2F)n1. The van der Waals surface area contributed by atoms with E-state index in [-0.39, 0.29) is 17.6 Å². The number of nitrogens with zero attached hydrogens (tertiary/aromatic N) is 3. The summed E-state index contributed by atoms with van der Waals surface area (Å²) in [5, 5.41) is 5.62. The summed E-state index contributed by atoms with van der Waals surface area (Å²) < 4.78 is 19.8. The fourth-order valence-electron chi connectivity index (χ4n) is 1.49. The van der Waals surface area contributed by atoms with Crippen molar-refractivity contribution in [2.75, 3.05) is 24.3 Å². The van der Waals surface area contributed by atoms with E-state index in [0.29, 0.717) is 17.0 Å². The lowest BCUT2D eigenvalue weighted by molar-refractivity contribution is 0.292. The first-order valence-corrected chi connectivity index (χ1v) is 7.20. The van der Waals surface area contributed by atoms with Crippen molar-refractivity contribution in [3.8, 4) is 6.01 Å². The predicted molar refractivity (Wildman–Crippen MR) is 82.5 cm³/mol. The summed E-state index contributed by atoms with van der Waals surface area (Å²) in [4.78, 5) is 12.3. The molecule has 112 valence electrons. The van der Waals surface area contributed by atoms with Crippen LogP contribution in [0.4, 0.5) is 22.0 Å². The molecule has 2 N–H and O–H groups in total. The Morgan fingerprint density at radius 2 is 2.00 bits per heavy atom. The minimum Gasteiger partial charge on any atom is -0.463 e. The van der Waals surface area contributed by atoms with E-state index < -0.39 is 5.82 Å². The van der Waals surface area contributed by atoms with Crippen LogP contribution in [0, 0.1) is 5.82 Å². The van der Waals surface area contributed by atoms with Gasteiger partial charge in [0.05, 0.1) is 12.3 Å². The third-order valence-electron chi connectivity index (χ3n) is 2.45. The normalized spacial score (nSPS) is 10.3. The molecule has 0 saturated heterocycles. The molecule has 0 aliphatic heterocycles. The highest BCUT2D eigenvalue weighted by molar-refractivity contribution is 9.10. The highest BCUT2D eigenvalue weighted by atomic mass is 79.9. The van der Waals surface area contributed by atoms with Crippen LogP contribution in [0.15, 0.2) is 22.7 Å². The molecule has 1 heterocycles. The molecule has 0 bridgehead atoms. The number of ether oxygens (including phenoxy) is 1. The Kier molecular flexibility index (Phi) is 5.26. The molecular formula is C13H15BrFN5O. The first-order valence-electron chi connectivity index (χ1n) is 6.41. The Morgan fingerprint density at radius 3 is 2.67 bits per heavy atom. The molecule has 0 spiro atoms. The van der Waals surface area contributed by atoms with Gasteiger partial charge in [-0.2, -0.15) is 15.0 Å².